The van der Waals surface area contributed by atoms with Crippen LogP contribution in [-0.4, -0.2) is 35.4 Å². The summed E-state index contributed by atoms with van der Waals surface area (Å²) in [7, 11) is 0. The van der Waals surface area contributed by atoms with E-state index >= 15 is 0 Å². The second-order valence-corrected chi connectivity index (χ2v) is 7.93. The van der Waals surface area contributed by atoms with E-state index in [1.165, 1.54) is 5.56 Å². The molecular weight excluding hydrogens is 366 g/mol. The van der Waals surface area contributed by atoms with Gasteiger partial charge in [-0.3, -0.25) is 9.59 Å². The SMILES string of the molecule is O=C(c1ccccc1)C1CCN(C(=O)CSCc2ccc(Cl)cc2)CC1. The zero-order valence-electron chi connectivity index (χ0n) is 14.6. The Hall–Kier alpha value is -1.78. The van der Waals surface area contributed by atoms with Crippen molar-refractivity contribution in [2.45, 2.75) is 18.6 Å². The second kappa shape index (κ2) is 9.24. The number of amides is 1. The van der Waals surface area contributed by atoms with Gasteiger partial charge in [0.2, 0.25) is 5.91 Å². The number of thioether (sulfide) groups is 1. The quantitative estimate of drug-likeness (QED) is 0.674. The summed E-state index contributed by atoms with van der Waals surface area (Å²) < 4.78 is 0. The van der Waals surface area contributed by atoms with Crippen LogP contribution in [0.1, 0.15) is 28.8 Å². The first kappa shape index (κ1) is 19.0. The molecule has 0 bridgehead atoms. The van der Waals surface area contributed by atoms with E-state index in [1.54, 1.807) is 11.8 Å². The van der Waals surface area contributed by atoms with Crippen molar-refractivity contribution in [2.75, 3.05) is 18.8 Å². The Morgan fingerprint density at radius 1 is 1.00 bits per heavy atom. The first-order chi connectivity index (χ1) is 12.6. The minimum absolute atomic E-state index is 0.0307. The Labute approximate surface area is 163 Å². The van der Waals surface area contributed by atoms with Crippen LogP contribution in [0.15, 0.2) is 54.6 Å². The molecule has 1 saturated heterocycles. The summed E-state index contributed by atoms with van der Waals surface area (Å²) >= 11 is 7.50. The van der Waals surface area contributed by atoms with Gasteiger partial charge in [-0.1, -0.05) is 54.1 Å². The average Bonchev–Trinajstić information content (AvgIpc) is 2.69. The summed E-state index contributed by atoms with van der Waals surface area (Å²) in [5, 5.41) is 0.725. The van der Waals surface area contributed by atoms with Gasteiger partial charge in [-0.15, -0.1) is 11.8 Å². The molecule has 0 aliphatic carbocycles. The number of piperidine rings is 1. The van der Waals surface area contributed by atoms with Gasteiger partial charge >= 0.3 is 0 Å². The maximum absolute atomic E-state index is 12.5. The van der Waals surface area contributed by atoms with Crippen molar-refractivity contribution in [1.29, 1.82) is 0 Å². The van der Waals surface area contributed by atoms with Crippen LogP contribution in [-0.2, 0) is 10.5 Å². The van der Waals surface area contributed by atoms with E-state index in [4.69, 9.17) is 11.6 Å². The van der Waals surface area contributed by atoms with E-state index in [-0.39, 0.29) is 17.6 Å². The van der Waals surface area contributed by atoms with Crippen molar-refractivity contribution in [3.05, 3.63) is 70.7 Å². The summed E-state index contributed by atoms with van der Waals surface area (Å²) in [5.74, 6) is 1.67. The molecule has 3 rings (SSSR count). The van der Waals surface area contributed by atoms with Crippen LogP contribution in [0.2, 0.25) is 5.02 Å². The number of carbonyl (C=O) groups is 2. The zero-order valence-corrected chi connectivity index (χ0v) is 16.1. The van der Waals surface area contributed by atoms with Crippen LogP contribution in [0.4, 0.5) is 0 Å². The standard InChI is InChI=1S/C21H22ClNO2S/c22-19-8-6-16(7-9-19)14-26-15-20(24)23-12-10-18(11-13-23)21(25)17-4-2-1-3-5-17/h1-9,18H,10-15H2. The highest BCUT2D eigenvalue weighted by molar-refractivity contribution is 7.99. The monoisotopic (exact) mass is 387 g/mol. The number of hydrogen-bond acceptors (Lipinski definition) is 3. The number of benzene rings is 2. The summed E-state index contributed by atoms with van der Waals surface area (Å²) in [6.45, 7) is 1.34. The van der Waals surface area contributed by atoms with Crippen molar-refractivity contribution in [1.82, 2.24) is 4.90 Å². The predicted molar refractivity (Wildman–Crippen MR) is 108 cm³/mol. The van der Waals surface area contributed by atoms with Crippen LogP contribution < -0.4 is 0 Å². The summed E-state index contributed by atoms with van der Waals surface area (Å²) in [5.41, 5.74) is 1.94. The molecule has 26 heavy (non-hydrogen) atoms. The average molecular weight is 388 g/mol. The van der Waals surface area contributed by atoms with Crippen molar-refractivity contribution < 1.29 is 9.59 Å². The fraction of sp³-hybridized carbons (Fsp3) is 0.333. The molecule has 0 saturated carbocycles. The smallest absolute Gasteiger partial charge is 0.232 e. The van der Waals surface area contributed by atoms with Gasteiger partial charge in [-0.05, 0) is 30.5 Å². The molecular formula is C21H22ClNO2S. The Morgan fingerprint density at radius 2 is 1.65 bits per heavy atom. The largest absolute Gasteiger partial charge is 0.342 e. The lowest BCUT2D eigenvalue weighted by Gasteiger charge is -2.31. The third-order valence-electron chi connectivity index (χ3n) is 4.68. The molecule has 1 amide bonds. The van der Waals surface area contributed by atoms with E-state index in [9.17, 15) is 9.59 Å². The molecule has 0 spiro atoms. The number of ketones is 1. The molecule has 0 aromatic heterocycles. The van der Waals surface area contributed by atoms with Crippen molar-refractivity contribution in [3.63, 3.8) is 0 Å². The zero-order chi connectivity index (χ0) is 18.4. The van der Waals surface area contributed by atoms with Crippen LogP contribution in [0.5, 0.6) is 0 Å². The number of halogens is 1. The summed E-state index contributed by atoms with van der Waals surface area (Å²) in [6.07, 6.45) is 1.50. The highest BCUT2D eigenvalue weighted by Crippen LogP contribution is 2.23. The normalized spacial score (nSPS) is 15.0. The van der Waals surface area contributed by atoms with Crippen LogP contribution >= 0.6 is 23.4 Å². The third kappa shape index (κ3) is 5.12. The minimum Gasteiger partial charge on any atom is -0.342 e. The molecule has 3 nitrogen and oxygen atoms in total. The Bertz CT molecular complexity index is 740. The molecule has 136 valence electrons. The van der Waals surface area contributed by atoms with Gasteiger partial charge in [0.1, 0.15) is 0 Å². The minimum atomic E-state index is 0.0307. The molecule has 1 aliphatic heterocycles. The fourth-order valence-corrected chi connectivity index (χ4v) is 4.17. The molecule has 0 radical (unpaired) electrons. The maximum atomic E-state index is 12.5. The summed E-state index contributed by atoms with van der Waals surface area (Å²) in [6, 6.07) is 17.1. The van der Waals surface area contributed by atoms with Crippen LogP contribution in [0, 0.1) is 5.92 Å². The first-order valence-corrected chi connectivity index (χ1v) is 10.4. The Kier molecular flexibility index (Phi) is 6.75. The van der Waals surface area contributed by atoms with Crippen molar-refractivity contribution in [2.24, 2.45) is 5.92 Å². The Balaban J connectivity index is 1.42. The van der Waals surface area contributed by atoms with Gasteiger partial charge < -0.3 is 4.90 Å². The molecule has 2 aromatic carbocycles. The molecule has 2 aromatic rings. The number of hydrogen-bond donors (Lipinski definition) is 0. The molecule has 1 aliphatic rings. The molecule has 5 heteroatoms. The van der Waals surface area contributed by atoms with Crippen LogP contribution in [0.3, 0.4) is 0 Å². The van der Waals surface area contributed by atoms with Gasteiger partial charge in [0, 0.05) is 35.3 Å². The van der Waals surface area contributed by atoms with Gasteiger partial charge in [0.25, 0.3) is 0 Å². The predicted octanol–water partition coefficient (Wildman–Crippen LogP) is 4.69. The van der Waals surface area contributed by atoms with Crippen molar-refractivity contribution in [3.8, 4) is 0 Å². The highest BCUT2D eigenvalue weighted by atomic mass is 35.5. The van der Waals surface area contributed by atoms with E-state index in [2.05, 4.69) is 0 Å². The number of rotatable bonds is 6. The van der Waals surface area contributed by atoms with Crippen LogP contribution in [0.25, 0.3) is 0 Å². The van der Waals surface area contributed by atoms with Gasteiger partial charge in [0.15, 0.2) is 5.78 Å². The number of carbonyl (C=O) groups excluding carboxylic acids is 2. The lowest BCUT2D eigenvalue weighted by atomic mass is 9.89. The molecule has 0 unspecified atom stereocenters. The molecule has 1 heterocycles. The van der Waals surface area contributed by atoms with E-state index in [1.807, 2.05) is 59.5 Å². The molecule has 0 atom stereocenters. The summed E-state index contributed by atoms with van der Waals surface area (Å²) in [4.78, 5) is 26.8. The lowest BCUT2D eigenvalue weighted by Crippen LogP contribution is -2.41. The van der Waals surface area contributed by atoms with Gasteiger partial charge in [-0.2, -0.15) is 0 Å². The van der Waals surface area contributed by atoms with E-state index in [0.717, 1.165) is 29.2 Å². The first-order valence-electron chi connectivity index (χ1n) is 8.82. The topological polar surface area (TPSA) is 37.4 Å². The number of nitrogens with zero attached hydrogens (tertiary/aromatic N) is 1. The lowest BCUT2D eigenvalue weighted by molar-refractivity contribution is -0.129. The number of Topliss-reactive ketones (excluding diaryl/α,β-unsaturated/α-hetero) is 1. The highest BCUT2D eigenvalue weighted by Gasteiger charge is 2.27. The van der Waals surface area contributed by atoms with Crippen molar-refractivity contribution >= 4 is 35.1 Å². The van der Waals surface area contributed by atoms with Gasteiger partial charge in [0.05, 0.1) is 5.75 Å². The molecule has 1 fully saturated rings. The third-order valence-corrected chi connectivity index (χ3v) is 5.92. The van der Waals surface area contributed by atoms with E-state index < -0.39 is 0 Å². The van der Waals surface area contributed by atoms with Gasteiger partial charge in [-0.25, -0.2) is 0 Å². The molecule has 0 N–H and O–H groups in total. The second-order valence-electron chi connectivity index (χ2n) is 6.50. The number of likely N-dealkylation sites (tertiary alicyclic amines) is 1. The Morgan fingerprint density at radius 3 is 2.31 bits per heavy atom. The maximum Gasteiger partial charge on any atom is 0.232 e. The van der Waals surface area contributed by atoms with E-state index in [0.29, 0.717) is 18.8 Å². The fourth-order valence-electron chi connectivity index (χ4n) is 3.16.